The first-order chi connectivity index (χ1) is 8.56. The number of carboxylic acids is 1. The zero-order valence-electron chi connectivity index (χ0n) is 11.8. The zero-order chi connectivity index (χ0) is 13.5. The number of hydrogen-bond donors (Lipinski definition) is 2. The summed E-state index contributed by atoms with van der Waals surface area (Å²) in [6.45, 7) is 5.80. The van der Waals surface area contributed by atoms with E-state index in [0.29, 0.717) is 18.6 Å². The Labute approximate surface area is 110 Å². The molecule has 1 fully saturated rings. The lowest BCUT2D eigenvalue weighted by atomic mass is 9.79. The van der Waals surface area contributed by atoms with E-state index < -0.39 is 5.97 Å². The van der Waals surface area contributed by atoms with Crippen molar-refractivity contribution in [2.75, 3.05) is 20.3 Å². The van der Waals surface area contributed by atoms with Gasteiger partial charge in [-0.2, -0.15) is 0 Å². The molecular formula is C14H27NO3. The molecule has 0 heterocycles. The molecule has 18 heavy (non-hydrogen) atoms. The Morgan fingerprint density at radius 1 is 1.39 bits per heavy atom. The summed E-state index contributed by atoms with van der Waals surface area (Å²) in [5.74, 6) is -0.0258. The van der Waals surface area contributed by atoms with Crippen LogP contribution in [0.1, 0.15) is 39.5 Å². The van der Waals surface area contributed by atoms with Crippen LogP contribution in [0.15, 0.2) is 0 Å². The van der Waals surface area contributed by atoms with Crippen LogP contribution in [-0.4, -0.2) is 37.4 Å². The highest BCUT2D eigenvalue weighted by Gasteiger charge is 2.31. The Morgan fingerprint density at radius 2 is 2.06 bits per heavy atom. The van der Waals surface area contributed by atoms with Crippen molar-refractivity contribution in [2.24, 2.45) is 17.8 Å². The second kappa shape index (κ2) is 7.74. The van der Waals surface area contributed by atoms with Crippen LogP contribution in [0, 0.1) is 17.8 Å². The molecule has 1 rings (SSSR count). The molecule has 0 aromatic rings. The van der Waals surface area contributed by atoms with Crippen molar-refractivity contribution >= 4 is 5.97 Å². The third kappa shape index (κ3) is 4.58. The minimum Gasteiger partial charge on any atom is -0.481 e. The van der Waals surface area contributed by atoms with Gasteiger partial charge in [0.05, 0.1) is 12.5 Å². The first-order valence-electron chi connectivity index (χ1n) is 7.01. The molecule has 0 spiro atoms. The molecule has 0 saturated heterocycles. The van der Waals surface area contributed by atoms with Crippen molar-refractivity contribution < 1.29 is 14.6 Å². The lowest BCUT2D eigenvalue weighted by molar-refractivity contribution is -0.144. The number of carboxylic acid groups (broad SMARTS) is 1. The van der Waals surface area contributed by atoms with Gasteiger partial charge in [-0.05, 0) is 31.2 Å². The summed E-state index contributed by atoms with van der Waals surface area (Å²) in [4.78, 5) is 11.2. The van der Waals surface area contributed by atoms with Crippen molar-refractivity contribution in [3.05, 3.63) is 0 Å². The Balaban J connectivity index is 2.45. The van der Waals surface area contributed by atoms with E-state index >= 15 is 0 Å². The topological polar surface area (TPSA) is 58.6 Å². The fourth-order valence-corrected chi connectivity index (χ4v) is 2.75. The summed E-state index contributed by atoms with van der Waals surface area (Å²) in [5, 5.41) is 12.7. The highest BCUT2D eigenvalue weighted by molar-refractivity contribution is 5.70. The summed E-state index contributed by atoms with van der Waals surface area (Å²) in [6.07, 6.45) is 4.08. The van der Waals surface area contributed by atoms with E-state index in [1.807, 2.05) is 0 Å². The Hall–Kier alpha value is -0.610. The molecular weight excluding hydrogens is 230 g/mol. The molecule has 0 bridgehead atoms. The van der Waals surface area contributed by atoms with Gasteiger partial charge in [0.1, 0.15) is 0 Å². The summed E-state index contributed by atoms with van der Waals surface area (Å²) < 4.78 is 5.20. The first-order valence-corrected chi connectivity index (χ1v) is 7.01. The van der Waals surface area contributed by atoms with Gasteiger partial charge in [-0.25, -0.2) is 0 Å². The maximum Gasteiger partial charge on any atom is 0.306 e. The Bertz CT molecular complexity index is 255. The lowest BCUT2D eigenvalue weighted by Gasteiger charge is -2.31. The van der Waals surface area contributed by atoms with Crippen molar-refractivity contribution in [3.63, 3.8) is 0 Å². The second-order valence-electron chi connectivity index (χ2n) is 5.70. The molecule has 0 aromatic heterocycles. The normalized spacial score (nSPS) is 26.2. The second-order valence-corrected chi connectivity index (χ2v) is 5.70. The van der Waals surface area contributed by atoms with Crippen LogP contribution in [-0.2, 0) is 9.53 Å². The van der Waals surface area contributed by atoms with E-state index in [2.05, 4.69) is 19.2 Å². The van der Waals surface area contributed by atoms with Gasteiger partial charge in [-0.3, -0.25) is 4.79 Å². The summed E-state index contributed by atoms with van der Waals surface area (Å²) >= 11 is 0. The van der Waals surface area contributed by atoms with Crippen LogP contribution in [0.25, 0.3) is 0 Å². The molecule has 3 atom stereocenters. The van der Waals surface area contributed by atoms with Gasteiger partial charge in [0.2, 0.25) is 0 Å². The van der Waals surface area contributed by atoms with Crippen molar-refractivity contribution in [1.82, 2.24) is 5.32 Å². The molecule has 1 aliphatic carbocycles. The van der Waals surface area contributed by atoms with E-state index in [0.717, 1.165) is 32.2 Å². The highest BCUT2D eigenvalue weighted by Crippen LogP contribution is 2.29. The number of hydrogen-bond acceptors (Lipinski definition) is 3. The number of rotatable bonds is 7. The highest BCUT2D eigenvalue weighted by atomic mass is 16.5. The molecule has 4 nitrogen and oxygen atoms in total. The number of carbonyl (C=O) groups is 1. The average Bonchev–Trinajstić information content (AvgIpc) is 2.34. The molecule has 4 heteroatoms. The predicted octanol–water partition coefficient (Wildman–Crippen LogP) is 2.14. The molecule has 0 aliphatic heterocycles. The Kier molecular flexibility index (Phi) is 6.65. The largest absolute Gasteiger partial charge is 0.481 e. The number of nitrogens with one attached hydrogen (secondary N) is 1. The maximum atomic E-state index is 11.2. The van der Waals surface area contributed by atoms with Crippen LogP contribution >= 0.6 is 0 Å². The number of methoxy groups -OCH3 is 1. The van der Waals surface area contributed by atoms with E-state index in [1.165, 1.54) is 0 Å². The molecule has 1 aliphatic rings. The van der Waals surface area contributed by atoms with Gasteiger partial charge in [0.15, 0.2) is 0 Å². The van der Waals surface area contributed by atoms with E-state index in [4.69, 9.17) is 4.74 Å². The van der Waals surface area contributed by atoms with Crippen molar-refractivity contribution in [1.29, 1.82) is 0 Å². The van der Waals surface area contributed by atoms with Crippen LogP contribution in [0.3, 0.4) is 0 Å². The number of aliphatic carboxylic acids is 1. The molecule has 106 valence electrons. The average molecular weight is 257 g/mol. The molecule has 2 N–H and O–H groups in total. The van der Waals surface area contributed by atoms with Gasteiger partial charge >= 0.3 is 5.97 Å². The first kappa shape index (κ1) is 15.4. The SMILES string of the molecule is COCC(NCC1CCCCC1C(=O)O)C(C)C. The van der Waals surface area contributed by atoms with Crippen molar-refractivity contribution in [2.45, 2.75) is 45.6 Å². The van der Waals surface area contributed by atoms with Gasteiger partial charge in [0, 0.05) is 13.2 Å². The quantitative estimate of drug-likeness (QED) is 0.733. The Morgan fingerprint density at radius 3 is 2.61 bits per heavy atom. The summed E-state index contributed by atoms with van der Waals surface area (Å²) in [7, 11) is 1.71. The lowest BCUT2D eigenvalue weighted by Crippen LogP contribution is -2.43. The molecule has 0 radical (unpaired) electrons. The minimum atomic E-state index is -0.630. The van der Waals surface area contributed by atoms with E-state index in [1.54, 1.807) is 7.11 Å². The monoisotopic (exact) mass is 257 g/mol. The third-order valence-electron chi connectivity index (χ3n) is 4.02. The maximum absolute atomic E-state index is 11.2. The van der Waals surface area contributed by atoms with Crippen molar-refractivity contribution in [3.8, 4) is 0 Å². The zero-order valence-corrected chi connectivity index (χ0v) is 11.8. The standard InChI is InChI=1S/C14H27NO3/c1-10(2)13(9-18-3)15-8-11-6-4-5-7-12(11)14(16)17/h10-13,15H,4-9H2,1-3H3,(H,16,17). The fraction of sp³-hybridized carbons (Fsp3) is 0.929. The molecule has 0 aromatic carbocycles. The van der Waals surface area contributed by atoms with E-state index in [9.17, 15) is 9.90 Å². The van der Waals surface area contributed by atoms with Gasteiger partial charge in [0.25, 0.3) is 0 Å². The van der Waals surface area contributed by atoms with Gasteiger partial charge in [-0.1, -0.05) is 26.7 Å². The third-order valence-corrected chi connectivity index (χ3v) is 4.02. The molecule has 3 unspecified atom stereocenters. The van der Waals surface area contributed by atoms with Crippen LogP contribution in [0.4, 0.5) is 0 Å². The minimum absolute atomic E-state index is 0.165. The summed E-state index contributed by atoms with van der Waals surface area (Å²) in [6, 6.07) is 0.311. The summed E-state index contributed by atoms with van der Waals surface area (Å²) in [5.41, 5.74) is 0. The van der Waals surface area contributed by atoms with E-state index in [-0.39, 0.29) is 11.8 Å². The smallest absolute Gasteiger partial charge is 0.306 e. The molecule has 1 saturated carbocycles. The van der Waals surface area contributed by atoms with Crippen LogP contribution in [0.2, 0.25) is 0 Å². The van der Waals surface area contributed by atoms with Gasteiger partial charge in [-0.15, -0.1) is 0 Å². The molecule has 0 amide bonds. The van der Waals surface area contributed by atoms with Gasteiger partial charge < -0.3 is 15.2 Å². The fourth-order valence-electron chi connectivity index (χ4n) is 2.75. The number of ether oxygens (including phenoxy) is 1. The van der Waals surface area contributed by atoms with Crippen LogP contribution < -0.4 is 5.32 Å². The van der Waals surface area contributed by atoms with Crippen LogP contribution in [0.5, 0.6) is 0 Å². The predicted molar refractivity (Wildman–Crippen MR) is 71.6 cm³/mol.